The number of hydrogen-bond acceptors (Lipinski definition) is 5. The van der Waals surface area contributed by atoms with Crippen LogP contribution in [0, 0.1) is 0 Å². The van der Waals surface area contributed by atoms with E-state index in [0.717, 1.165) is 5.39 Å². The van der Waals surface area contributed by atoms with Gasteiger partial charge in [-0.1, -0.05) is 18.2 Å². The van der Waals surface area contributed by atoms with Crippen molar-refractivity contribution in [3.8, 4) is 16.3 Å². The van der Waals surface area contributed by atoms with Gasteiger partial charge >= 0.3 is 6.61 Å². The van der Waals surface area contributed by atoms with Gasteiger partial charge in [0.15, 0.2) is 11.3 Å². The van der Waals surface area contributed by atoms with E-state index in [9.17, 15) is 13.6 Å². The van der Waals surface area contributed by atoms with E-state index in [1.807, 2.05) is 19.1 Å². The number of thiazole rings is 1. The Hall–Kier alpha value is -3.00. The average molecular weight is 388 g/mol. The Labute approximate surface area is 156 Å². The van der Waals surface area contributed by atoms with Crippen molar-refractivity contribution in [1.29, 1.82) is 0 Å². The van der Waals surface area contributed by atoms with Crippen molar-refractivity contribution >= 4 is 39.2 Å². The van der Waals surface area contributed by atoms with E-state index in [-0.39, 0.29) is 17.2 Å². The van der Waals surface area contributed by atoms with Crippen LogP contribution in [0.1, 0.15) is 17.4 Å². The Kier molecular flexibility index (Phi) is 4.49. The molecule has 1 N–H and O–H groups in total. The van der Waals surface area contributed by atoms with E-state index >= 15 is 0 Å². The zero-order chi connectivity index (χ0) is 19.0. The van der Waals surface area contributed by atoms with Gasteiger partial charge in [0.25, 0.3) is 5.91 Å². The SMILES string of the molecule is CCNC(=O)c1csc(-c2ccc(OC(F)F)c3oc4ccccc4c23)n1. The Morgan fingerprint density at radius 3 is 2.89 bits per heavy atom. The van der Waals surface area contributed by atoms with Crippen LogP contribution in [0.4, 0.5) is 8.78 Å². The minimum Gasteiger partial charge on any atom is -0.452 e. The first-order chi connectivity index (χ1) is 13.1. The molecule has 2 aromatic carbocycles. The van der Waals surface area contributed by atoms with Crippen molar-refractivity contribution in [2.75, 3.05) is 6.54 Å². The highest BCUT2D eigenvalue weighted by molar-refractivity contribution is 7.13. The minimum absolute atomic E-state index is 0.0412. The predicted molar refractivity (Wildman–Crippen MR) is 99.5 cm³/mol. The van der Waals surface area contributed by atoms with E-state index in [1.54, 1.807) is 23.6 Å². The lowest BCUT2D eigenvalue weighted by molar-refractivity contribution is -0.0493. The van der Waals surface area contributed by atoms with Crippen LogP contribution in [0.2, 0.25) is 0 Å². The number of aromatic nitrogens is 1. The van der Waals surface area contributed by atoms with Gasteiger partial charge in [-0.2, -0.15) is 8.78 Å². The molecular weight excluding hydrogens is 374 g/mol. The van der Waals surface area contributed by atoms with Crippen molar-refractivity contribution in [3.63, 3.8) is 0 Å². The van der Waals surface area contributed by atoms with Crippen LogP contribution >= 0.6 is 11.3 Å². The smallest absolute Gasteiger partial charge is 0.387 e. The second-order valence-corrected chi connectivity index (χ2v) is 6.55. The molecule has 0 atom stereocenters. The Morgan fingerprint density at radius 1 is 1.30 bits per heavy atom. The van der Waals surface area contributed by atoms with Crippen molar-refractivity contribution in [1.82, 2.24) is 10.3 Å². The molecule has 5 nitrogen and oxygen atoms in total. The summed E-state index contributed by atoms with van der Waals surface area (Å²) in [5.41, 5.74) is 1.78. The molecule has 138 valence electrons. The highest BCUT2D eigenvalue weighted by Crippen LogP contribution is 2.42. The van der Waals surface area contributed by atoms with E-state index in [1.165, 1.54) is 17.4 Å². The average Bonchev–Trinajstić information content (AvgIpc) is 3.27. The second-order valence-electron chi connectivity index (χ2n) is 5.69. The first kappa shape index (κ1) is 17.4. The lowest BCUT2D eigenvalue weighted by atomic mass is 10.1. The maximum atomic E-state index is 12.8. The van der Waals surface area contributed by atoms with Gasteiger partial charge in [-0.15, -0.1) is 11.3 Å². The summed E-state index contributed by atoms with van der Waals surface area (Å²) in [5, 5.41) is 6.35. The fraction of sp³-hybridized carbons (Fsp3) is 0.158. The summed E-state index contributed by atoms with van der Waals surface area (Å²) in [4.78, 5) is 16.4. The zero-order valence-corrected chi connectivity index (χ0v) is 15.0. The number of furan rings is 1. The summed E-state index contributed by atoms with van der Waals surface area (Å²) in [6.45, 7) is -0.632. The molecule has 4 rings (SSSR count). The normalized spacial score (nSPS) is 11.4. The van der Waals surface area contributed by atoms with Gasteiger partial charge in [0.2, 0.25) is 0 Å². The summed E-state index contributed by atoms with van der Waals surface area (Å²) in [6, 6.07) is 10.3. The zero-order valence-electron chi connectivity index (χ0n) is 14.2. The van der Waals surface area contributed by atoms with Crippen molar-refractivity contribution in [3.05, 3.63) is 47.5 Å². The molecule has 0 unspecified atom stereocenters. The molecule has 27 heavy (non-hydrogen) atoms. The molecule has 1 amide bonds. The third-order valence-electron chi connectivity index (χ3n) is 4.01. The number of fused-ring (bicyclic) bond motifs is 3. The number of para-hydroxylation sites is 1. The van der Waals surface area contributed by atoms with Crippen LogP contribution in [-0.2, 0) is 0 Å². The fourth-order valence-electron chi connectivity index (χ4n) is 2.92. The first-order valence-corrected chi connectivity index (χ1v) is 9.09. The van der Waals surface area contributed by atoms with Crippen LogP contribution < -0.4 is 10.1 Å². The number of nitrogens with zero attached hydrogens (tertiary/aromatic N) is 1. The van der Waals surface area contributed by atoms with Crippen LogP contribution in [0.5, 0.6) is 5.75 Å². The molecule has 8 heteroatoms. The lowest BCUT2D eigenvalue weighted by Gasteiger charge is -2.07. The maximum Gasteiger partial charge on any atom is 0.387 e. The van der Waals surface area contributed by atoms with Crippen LogP contribution in [0.3, 0.4) is 0 Å². The van der Waals surface area contributed by atoms with Gasteiger partial charge in [0, 0.05) is 28.3 Å². The predicted octanol–water partition coefficient (Wildman–Crippen LogP) is 5.06. The summed E-state index contributed by atoms with van der Waals surface area (Å²) < 4.78 is 35.9. The molecule has 2 aromatic heterocycles. The van der Waals surface area contributed by atoms with Gasteiger partial charge in [-0.3, -0.25) is 4.79 Å². The number of benzene rings is 2. The van der Waals surface area contributed by atoms with E-state index in [4.69, 9.17) is 4.42 Å². The molecule has 0 aliphatic rings. The monoisotopic (exact) mass is 388 g/mol. The third kappa shape index (κ3) is 3.12. The summed E-state index contributed by atoms with van der Waals surface area (Å²) in [5.74, 6) is -0.300. The van der Waals surface area contributed by atoms with E-state index in [0.29, 0.717) is 33.8 Å². The molecule has 0 aliphatic heterocycles. The summed E-state index contributed by atoms with van der Waals surface area (Å²) >= 11 is 1.30. The van der Waals surface area contributed by atoms with Crippen molar-refractivity contribution in [2.24, 2.45) is 0 Å². The number of ether oxygens (including phenoxy) is 1. The van der Waals surface area contributed by atoms with Gasteiger partial charge in [-0.05, 0) is 25.1 Å². The molecule has 0 bridgehead atoms. The molecule has 0 saturated carbocycles. The number of alkyl halides is 2. The van der Waals surface area contributed by atoms with Crippen molar-refractivity contribution in [2.45, 2.75) is 13.5 Å². The molecule has 4 aromatic rings. The third-order valence-corrected chi connectivity index (χ3v) is 4.89. The molecule has 0 fully saturated rings. The number of rotatable bonds is 5. The molecule has 2 heterocycles. The summed E-state index contributed by atoms with van der Waals surface area (Å²) in [6.07, 6.45) is 0. The van der Waals surface area contributed by atoms with Gasteiger partial charge in [0.1, 0.15) is 16.3 Å². The number of amides is 1. The number of hydrogen-bond donors (Lipinski definition) is 1. The topological polar surface area (TPSA) is 64.4 Å². The van der Waals surface area contributed by atoms with Crippen LogP contribution in [0.15, 0.2) is 46.2 Å². The summed E-state index contributed by atoms with van der Waals surface area (Å²) in [7, 11) is 0. The quantitative estimate of drug-likeness (QED) is 0.519. The number of carbonyl (C=O) groups is 1. The van der Waals surface area contributed by atoms with E-state index < -0.39 is 6.61 Å². The van der Waals surface area contributed by atoms with Crippen LogP contribution in [-0.4, -0.2) is 24.0 Å². The fourth-order valence-corrected chi connectivity index (χ4v) is 3.76. The maximum absolute atomic E-state index is 12.8. The molecule has 0 radical (unpaired) electrons. The molecular formula is C19H14F2N2O3S. The Bertz CT molecular complexity index is 1140. The number of nitrogens with one attached hydrogen (secondary N) is 1. The van der Waals surface area contributed by atoms with E-state index in [2.05, 4.69) is 15.0 Å². The van der Waals surface area contributed by atoms with Gasteiger partial charge in [0.05, 0.1) is 0 Å². The second kappa shape index (κ2) is 6.96. The molecule has 0 saturated heterocycles. The number of halogens is 2. The molecule has 0 aliphatic carbocycles. The standard InChI is InChI=1S/C19H14F2N2O3S/c1-2-22-17(24)12-9-27-18(23-12)11-7-8-14(26-19(20)21)16-15(11)10-5-3-4-6-13(10)25-16/h3-9,19H,2H2,1H3,(H,22,24). The minimum atomic E-state index is -2.96. The first-order valence-electron chi connectivity index (χ1n) is 8.21. The van der Waals surface area contributed by atoms with Crippen LogP contribution in [0.25, 0.3) is 32.5 Å². The Balaban J connectivity index is 1.92. The lowest BCUT2D eigenvalue weighted by Crippen LogP contribution is -2.22. The number of carbonyl (C=O) groups excluding carboxylic acids is 1. The largest absolute Gasteiger partial charge is 0.452 e. The highest BCUT2D eigenvalue weighted by Gasteiger charge is 2.21. The van der Waals surface area contributed by atoms with Gasteiger partial charge in [-0.25, -0.2) is 4.98 Å². The highest BCUT2D eigenvalue weighted by atomic mass is 32.1. The van der Waals surface area contributed by atoms with Crippen molar-refractivity contribution < 1.29 is 22.7 Å². The Morgan fingerprint density at radius 2 is 2.11 bits per heavy atom. The molecule has 0 spiro atoms. The van der Waals surface area contributed by atoms with Gasteiger partial charge < -0.3 is 14.5 Å².